The topological polar surface area (TPSA) is 45.5 Å². The molecule has 1 N–H and O–H groups in total. The van der Waals surface area contributed by atoms with Crippen LogP contribution in [-0.2, 0) is 0 Å². The van der Waals surface area contributed by atoms with E-state index in [2.05, 4.69) is 10.2 Å². The number of furan rings is 1. The van der Waals surface area contributed by atoms with Gasteiger partial charge in [-0.1, -0.05) is 11.6 Å². The summed E-state index contributed by atoms with van der Waals surface area (Å²) in [6.45, 7) is 3.53. The highest BCUT2D eigenvalue weighted by atomic mass is 35.5. The van der Waals surface area contributed by atoms with Gasteiger partial charge in [-0.3, -0.25) is 4.79 Å². The molecule has 1 amide bonds. The van der Waals surface area contributed by atoms with Crippen LogP contribution in [0.15, 0.2) is 28.7 Å². The number of fused-ring (bicyclic) bond motifs is 1. The minimum Gasteiger partial charge on any atom is -0.451 e. The second-order valence-corrected chi connectivity index (χ2v) is 7.80. The van der Waals surface area contributed by atoms with E-state index in [9.17, 15) is 4.79 Å². The Bertz CT molecular complexity index is 756. The molecule has 1 aliphatic carbocycles. The summed E-state index contributed by atoms with van der Waals surface area (Å²) in [7, 11) is 0. The van der Waals surface area contributed by atoms with E-state index in [1.807, 2.05) is 12.1 Å². The van der Waals surface area contributed by atoms with Gasteiger partial charge >= 0.3 is 0 Å². The van der Waals surface area contributed by atoms with Crippen LogP contribution < -0.4 is 5.32 Å². The largest absolute Gasteiger partial charge is 0.451 e. The number of nitrogens with one attached hydrogen (secondary N) is 1. The first kappa shape index (κ1) is 13.9. The van der Waals surface area contributed by atoms with Gasteiger partial charge in [-0.25, -0.2) is 0 Å². The van der Waals surface area contributed by atoms with E-state index in [4.69, 9.17) is 16.0 Å². The Balaban J connectivity index is 1.38. The average molecular weight is 331 g/mol. The molecule has 4 heterocycles. The number of carbonyl (C=O) groups excluding carboxylic acids is 1. The molecule has 1 aromatic heterocycles. The van der Waals surface area contributed by atoms with Crippen LogP contribution in [0.1, 0.15) is 23.4 Å². The number of nitrogens with zero attached hydrogens (tertiary/aromatic N) is 1. The van der Waals surface area contributed by atoms with Gasteiger partial charge in [0.2, 0.25) is 0 Å². The van der Waals surface area contributed by atoms with Crippen molar-refractivity contribution in [1.29, 1.82) is 0 Å². The molecule has 5 heteroatoms. The molecule has 2 aromatic rings. The number of benzene rings is 1. The molecule has 3 unspecified atom stereocenters. The van der Waals surface area contributed by atoms with Crippen molar-refractivity contribution in [2.45, 2.75) is 18.9 Å². The van der Waals surface area contributed by atoms with E-state index < -0.39 is 0 Å². The van der Waals surface area contributed by atoms with Gasteiger partial charge in [0.25, 0.3) is 5.91 Å². The highest BCUT2D eigenvalue weighted by Gasteiger charge is 2.48. The first-order valence-corrected chi connectivity index (χ1v) is 8.76. The van der Waals surface area contributed by atoms with Crippen molar-refractivity contribution < 1.29 is 9.21 Å². The fourth-order valence-electron chi connectivity index (χ4n) is 4.99. The summed E-state index contributed by atoms with van der Waals surface area (Å²) in [6, 6.07) is 7.50. The molecule has 1 saturated carbocycles. The fourth-order valence-corrected chi connectivity index (χ4v) is 5.17. The van der Waals surface area contributed by atoms with Gasteiger partial charge in [-0.2, -0.15) is 0 Å². The fraction of sp³-hybridized carbons (Fsp3) is 0.500. The van der Waals surface area contributed by atoms with E-state index >= 15 is 0 Å². The first-order chi connectivity index (χ1) is 11.2. The molecule has 4 aliphatic rings. The second kappa shape index (κ2) is 4.99. The third-order valence-corrected chi connectivity index (χ3v) is 6.02. The first-order valence-electron chi connectivity index (χ1n) is 8.38. The monoisotopic (exact) mass is 330 g/mol. The van der Waals surface area contributed by atoms with Crippen LogP contribution in [-0.4, -0.2) is 36.5 Å². The van der Waals surface area contributed by atoms with Crippen molar-refractivity contribution in [3.8, 4) is 0 Å². The number of halogens is 1. The number of rotatable bonds is 2. The molecule has 4 fully saturated rings. The minimum atomic E-state index is -0.0928. The Morgan fingerprint density at radius 1 is 1.17 bits per heavy atom. The maximum Gasteiger partial charge on any atom is 0.287 e. The molecule has 1 aromatic carbocycles. The summed E-state index contributed by atoms with van der Waals surface area (Å²) in [5, 5.41) is 4.79. The van der Waals surface area contributed by atoms with E-state index in [0.717, 1.165) is 24.4 Å². The molecule has 23 heavy (non-hydrogen) atoms. The summed E-state index contributed by atoms with van der Waals surface area (Å²) < 4.78 is 5.70. The third-order valence-electron chi connectivity index (χ3n) is 5.79. The zero-order chi connectivity index (χ0) is 15.6. The standard InChI is InChI=1S/C18H19ClN2O2/c19-14-1-2-15-11(5-14)6-16(23-15)18(22)20-17-12-3-10-4-13(17)9-21(7-10)8-12/h1-2,5-6,10,12-13,17H,3-4,7-9H2,(H,20,22)/t10?,12-,13+,17?. The molecule has 0 radical (unpaired) electrons. The lowest BCUT2D eigenvalue weighted by Gasteiger charge is -2.55. The lowest BCUT2D eigenvalue weighted by atomic mass is 9.65. The van der Waals surface area contributed by atoms with E-state index in [0.29, 0.717) is 34.2 Å². The molecular formula is C18H19ClN2O2. The average Bonchev–Trinajstić information content (AvgIpc) is 2.93. The molecule has 3 aliphatic heterocycles. The molecule has 0 spiro atoms. The Morgan fingerprint density at radius 3 is 2.70 bits per heavy atom. The van der Waals surface area contributed by atoms with Crippen molar-refractivity contribution in [2.75, 3.05) is 19.6 Å². The summed E-state index contributed by atoms with van der Waals surface area (Å²) >= 11 is 6.00. The van der Waals surface area contributed by atoms with Crippen LogP contribution in [0.3, 0.4) is 0 Å². The smallest absolute Gasteiger partial charge is 0.287 e. The summed E-state index contributed by atoms with van der Waals surface area (Å²) in [5.41, 5.74) is 0.704. The summed E-state index contributed by atoms with van der Waals surface area (Å²) in [4.78, 5) is 15.2. The van der Waals surface area contributed by atoms with Crippen LogP contribution in [0.4, 0.5) is 0 Å². The van der Waals surface area contributed by atoms with Gasteiger partial charge in [-0.05, 0) is 54.9 Å². The Labute approximate surface area is 139 Å². The lowest BCUT2D eigenvalue weighted by molar-refractivity contribution is -0.0420. The van der Waals surface area contributed by atoms with Crippen LogP contribution in [0, 0.1) is 17.8 Å². The molecular weight excluding hydrogens is 312 g/mol. The summed E-state index contributed by atoms with van der Waals surface area (Å²) in [5.74, 6) is 2.34. The van der Waals surface area contributed by atoms with Crippen LogP contribution in [0.2, 0.25) is 5.02 Å². The number of piperidine rings is 3. The normalized spacial score (nSPS) is 34.9. The molecule has 120 valence electrons. The van der Waals surface area contributed by atoms with Crippen molar-refractivity contribution in [1.82, 2.24) is 10.2 Å². The zero-order valence-electron chi connectivity index (χ0n) is 12.8. The van der Waals surface area contributed by atoms with Gasteiger partial charge in [0, 0.05) is 36.1 Å². The predicted octanol–water partition coefficient (Wildman–Crippen LogP) is 3.16. The Morgan fingerprint density at radius 2 is 1.96 bits per heavy atom. The minimum absolute atomic E-state index is 0.0928. The Kier molecular flexibility index (Phi) is 3.01. The molecule has 6 rings (SSSR count). The number of carbonyl (C=O) groups is 1. The van der Waals surface area contributed by atoms with Gasteiger partial charge in [0.15, 0.2) is 5.76 Å². The highest BCUT2D eigenvalue weighted by molar-refractivity contribution is 6.31. The van der Waals surface area contributed by atoms with Gasteiger partial charge in [0.05, 0.1) is 0 Å². The van der Waals surface area contributed by atoms with Crippen molar-refractivity contribution in [3.05, 3.63) is 35.0 Å². The molecule has 4 nitrogen and oxygen atoms in total. The maximum absolute atomic E-state index is 12.6. The van der Waals surface area contributed by atoms with Crippen molar-refractivity contribution in [3.63, 3.8) is 0 Å². The maximum atomic E-state index is 12.6. The van der Waals surface area contributed by atoms with Crippen LogP contribution >= 0.6 is 11.6 Å². The Hall–Kier alpha value is -1.52. The second-order valence-electron chi connectivity index (χ2n) is 7.37. The van der Waals surface area contributed by atoms with Crippen LogP contribution in [0.25, 0.3) is 11.0 Å². The third kappa shape index (κ3) is 2.27. The van der Waals surface area contributed by atoms with Gasteiger partial charge < -0.3 is 14.6 Å². The number of hydrogen-bond acceptors (Lipinski definition) is 3. The number of hydrogen-bond donors (Lipinski definition) is 1. The molecule has 5 atom stereocenters. The number of amides is 1. The highest BCUT2D eigenvalue weighted by Crippen LogP contribution is 2.43. The van der Waals surface area contributed by atoms with E-state index in [-0.39, 0.29) is 5.91 Å². The van der Waals surface area contributed by atoms with Crippen molar-refractivity contribution >= 4 is 28.5 Å². The van der Waals surface area contributed by atoms with Crippen LogP contribution in [0.5, 0.6) is 0 Å². The van der Waals surface area contributed by atoms with Gasteiger partial charge in [0.1, 0.15) is 5.58 Å². The zero-order valence-corrected chi connectivity index (χ0v) is 13.6. The summed E-state index contributed by atoms with van der Waals surface area (Å²) in [6.07, 6.45) is 2.52. The quantitative estimate of drug-likeness (QED) is 0.920. The van der Waals surface area contributed by atoms with E-state index in [1.165, 1.54) is 19.4 Å². The lowest BCUT2D eigenvalue weighted by Crippen LogP contribution is -2.64. The molecule has 3 saturated heterocycles. The predicted molar refractivity (Wildman–Crippen MR) is 88.6 cm³/mol. The van der Waals surface area contributed by atoms with Crippen molar-refractivity contribution in [2.24, 2.45) is 17.8 Å². The van der Waals surface area contributed by atoms with E-state index in [1.54, 1.807) is 12.1 Å². The SMILES string of the molecule is O=C(NC1[C@@H]2CC3C[C@H]1CN(C3)C2)c1cc2cc(Cl)ccc2o1. The molecule has 4 bridgehead atoms. The van der Waals surface area contributed by atoms with Gasteiger partial charge in [-0.15, -0.1) is 0 Å².